The molecule has 1 aliphatic rings. The first-order valence-electron chi connectivity index (χ1n) is 8.95. The van der Waals surface area contributed by atoms with Crippen LogP contribution in [-0.4, -0.2) is 54.6 Å². The van der Waals surface area contributed by atoms with Crippen LogP contribution in [0.15, 0.2) is 48.5 Å². The highest BCUT2D eigenvalue weighted by molar-refractivity contribution is 5.34. The van der Waals surface area contributed by atoms with Gasteiger partial charge >= 0.3 is 0 Å². The van der Waals surface area contributed by atoms with Gasteiger partial charge in [-0.2, -0.15) is 0 Å². The second kappa shape index (κ2) is 8.78. The van der Waals surface area contributed by atoms with Crippen molar-refractivity contribution in [2.75, 3.05) is 39.8 Å². The van der Waals surface area contributed by atoms with Gasteiger partial charge in [-0.05, 0) is 29.7 Å². The van der Waals surface area contributed by atoms with Gasteiger partial charge in [-0.15, -0.1) is 0 Å². The van der Waals surface area contributed by atoms with E-state index in [0.717, 1.165) is 57.0 Å². The van der Waals surface area contributed by atoms with E-state index in [-0.39, 0.29) is 10.6 Å². The van der Waals surface area contributed by atoms with E-state index >= 15 is 0 Å². The average molecular weight is 355 g/mol. The Balaban J connectivity index is 1.43. The first-order valence-corrected chi connectivity index (χ1v) is 8.95. The number of nitro groups is 1. The second-order valence-corrected chi connectivity index (χ2v) is 6.64. The molecule has 0 aliphatic carbocycles. The van der Waals surface area contributed by atoms with E-state index in [1.54, 1.807) is 25.3 Å². The van der Waals surface area contributed by atoms with Gasteiger partial charge < -0.3 is 9.64 Å². The monoisotopic (exact) mass is 355 g/mol. The zero-order valence-corrected chi connectivity index (χ0v) is 15.1. The minimum absolute atomic E-state index is 0.173. The summed E-state index contributed by atoms with van der Waals surface area (Å²) >= 11 is 0. The molecule has 0 atom stereocenters. The van der Waals surface area contributed by atoms with E-state index in [9.17, 15) is 10.1 Å². The van der Waals surface area contributed by atoms with Gasteiger partial charge in [0.1, 0.15) is 5.75 Å². The van der Waals surface area contributed by atoms with Crippen LogP contribution in [0.2, 0.25) is 0 Å². The molecule has 0 unspecified atom stereocenters. The molecule has 0 spiro atoms. The lowest BCUT2D eigenvalue weighted by Crippen LogP contribution is -2.46. The van der Waals surface area contributed by atoms with Gasteiger partial charge in [0, 0.05) is 51.4 Å². The lowest BCUT2D eigenvalue weighted by molar-refractivity contribution is -0.384. The summed E-state index contributed by atoms with van der Waals surface area (Å²) in [6, 6.07) is 15.2. The predicted octanol–water partition coefficient (Wildman–Crippen LogP) is 2.96. The number of piperazine rings is 1. The van der Waals surface area contributed by atoms with Crippen molar-refractivity contribution in [3.05, 3.63) is 69.8 Å². The van der Waals surface area contributed by atoms with Crippen LogP contribution in [0.1, 0.15) is 11.1 Å². The third kappa shape index (κ3) is 5.03. The summed E-state index contributed by atoms with van der Waals surface area (Å²) in [6.07, 6.45) is 0.847. The molecule has 0 bridgehead atoms. The number of ether oxygens (including phenoxy) is 1. The maximum absolute atomic E-state index is 10.9. The standard InChI is InChI=1S/C20H25N3O3/c1-26-20-7-5-18(6-8-20)16-22-13-11-21(12-14-22)10-9-17-3-2-4-19(15-17)23(24)25/h2-8,15H,9-14,16H2,1H3. The van der Waals surface area contributed by atoms with E-state index in [2.05, 4.69) is 21.9 Å². The van der Waals surface area contributed by atoms with Crippen LogP contribution in [-0.2, 0) is 13.0 Å². The molecular formula is C20H25N3O3. The van der Waals surface area contributed by atoms with Crippen molar-refractivity contribution in [1.82, 2.24) is 9.80 Å². The Morgan fingerprint density at radius 1 is 1.00 bits per heavy atom. The fourth-order valence-corrected chi connectivity index (χ4v) is 3.27. The SMILES string of the molecule is COc1ccc(CN2CCN(CCc3cccc([N+](=O)[O-])c3)CC2)cc1. The Morgan fingerprint density at radius 3 is 2.35 bits per heavy atom. The zero-order chi connectivity index (χ0) is 18.4. The van der Waals surface area contributed by atoms with E-state index < -0.39 is 0 Å². The molecule has 1 heterocycles. The fourth-order valence-electron chi connectivity index (χ4n) is 3.27. The molecule has 2 aromatic carbocycles. The van der Waals surface area contributed by atoms with Crippen LogP contribution in [0.4, 0.5) is 5.69 Å². The molecule has 0 radical (unpaired) electrons. The zero-order valence-electron chi connectivity index (χ0n) is 15.1. The van der Waals surface area contributed by atoms with Crippen LogP contribution in [0.5, 0.6) is 5.75 Å². The lowest BCUT2D eigenvalue weighted by atomic mass is 10.1. The molecule has 0 N–H and O–H groups in total. The molecule has 1 fully saturated rings. The predicted molar refractivity (Wildman–Crippen MR) is 102 cm³/mol. The number of hydrogen-bond donors (Lipinski definition) is 0. The molecule has 138 valence electrons. The minimum Gasteiger partial charge on any atom is -0.497 e. The largest absolute Gasteiger partial charge is 0.497 e. The summed E-state index contributed by atoms with van der Waals surface area (Å²) < 4.78 is 5.20. The average Bonchev–Trinajstić information content (AvgIpc) is 2.68. The van der Waals surface area contributed by atoms with Crippen molar-refractivity contribution in [1.29, 1.82) is 0 Å². The Labute approximate surface area is 154 Å². The van der Waals surface area contributed by atoms with Crippen molar-refractivity contribution < 1.29 is 9.66 Å². The summed E-state index contributed by atoms with van der Waals surface area (Å²) in [5.41, 5.74) is 2.50. The van der Waals surface area contributed by atoms with Crippen LogP contribution >= 0.6 is 0 Å². The molecule has 3 rings (SSSR count). The summed E-state index contributed by atoms with van der Waals surface area (Å²) in [5, 5.41) is 10.9. The summed E-state index contributed by atoms with van der Waals surface area (Å²) in [4.78, 5) is 15.4. The van der Waals surface area contributed by atoms with E-state index in [0.29, 0.717) is 0 Å². The van der Waals surface area contributed by atoms with Gasteiger partial charge in [-0.3, -0.25) is 15.0 Å². The number of nitrogens with zero attached hydrogens (tertiary/aromatic N) is 3. The van der Waals surface area contributed by atoms with Crippen molar-refractivity contribution in [2.45, 2.75) is 13.0 Å². The quantitative estimate of drug-likeness (QED) is 0.564. The lowest BCUT2D eigenvalue weighted by Gasteiger charge is -2.34. The Kier molecular flexibility index (Phi) is 6.20. The van der Waals surface area contributed by atoms with Crippen LogP contribution in [0, 0.1) is 10.1 Å². The van der Waals surface area contributed by atoms with E-state index in [1.807, 2.05) is 18.2 Å². The smallest absolute Gasteiger partial charge is 0.269 e. The fraction of sp³-hybridized carbons (Fsp3) is 0.400. The number of hydrogen-bond acceptors (Lipinski definition) is 5. The number of methoxy groups -OCH3 is 1. The van der Waals surface area contributed by atoms with Gasteiger partial charge in [0.2, 0.25) is 0 Å². The van der Waals surface area contributed by atoms with Crippen molar-refractivity contribution in [3.63, 3.8) is 0 Å². The molecule has 1 aliphatic heterocycles. The third-order valence-corrected chi connectivity index (χ3v) is 4.87. The second-order valence-electron chi connectivity index (χ2n) is 6.64. The molecule has 0 saturated carbocycles. The van der Waals surface area contributed by atoms with E-state index in [4.69, 9.17) is 4.74 Å². The Hall–Kier alpha value is -2.44. The summed E-state index contributed by atoms with van der Waals surface area (Å²) in [6.45, 7) is 6.05. The van der Waals surface area contributed by atoms with Crippen molar-refractivity contribution >= 4 is 5.69 Å². The molecule has 0 amide bonds. The summed E-state index contributed by atoms with van der Waals surface area (Å²) in [7, 11) is 1.68. The first-order chi connectivity index (χ1) is 12.6. The highest BCUT2D eigenvalue weighted by atomic mass is 16.6. The summed E-state index contributed by atoms with van der Waals surface area (Å²) in [5.74, 6) is 0.889. The Bertz CT molecular complexity index is 725. The van der Waals surface area contributed by atoms with Crippen LogP contribution in [0.25, 0.3) is 0 Å². The third-order valence-electron chi connectivity index (χ3n) is 4.87. The maximum Gasteiger partial charge on any atom is 0.269 e. The molecular weight excluding hydrogens is 330 g/mol. The molecule has 6 nitrogen and oxygen atoms in total. The molecule has 1 saturated heterocycles. The van der Waals surface area contributed by atoms with Gasteiger partial charge in [-0.1, -0.05) is 24.3 Å². The first kappa shape index (κ1) is 18.4. The normalized spacial score (nSPS) is 15.7. The van der Waals surface area contributed by atoms with Gasteiger partial charge in [0.25, 0.3) is 5.69 Å². The van der Waals surface area contributed by atoms with Crippen molar-refractivity contribution in [3.8, 4) is 5.75 Å². The Morgan fingerprint density at radius 2 is 1.69 bits per heavy atom. The molecule has 6 heteroatoms. The maximum atomic E-state index is 10.9. The van der Waals surface area contributed by atoms with Crippen LogP contribution < -0.4 is 4.74 Å². The van der Waals surface area contributed by atoms with Gasteiger partial charge in [0.15, 0.2) is 0 Å². The van der Waals surface area contributed by atoms with Gasteiger partial charge in [0.05, 0.1) is 12.0 Å². The number of non-ortho nitro benzene ring substituents is 1. The van der Waals surface area contributed by atoms with Gasteiger partial charge in [-0.25, -0.2) is 0 Å². The van der Waals surface area contributed by atoms with E-state index in [1.165, 1.54) is 5.56 Å². The molecule has 2 aromatic rings. The van der Waals surface area contributed by atoms with Crippen molar-refractivity contribution in [2.24, 2.45) is 0 Å². The minimum atomic E-state index is -0.332. The number of nitro benzene ring substituents is 1. The topological polar surface area (TPSA) is 58.8 Å². The molecule has 26 heavy (non-hydrogen) atoms. The molecule has 0 aromatic heterocycles. The number of rotatable bonds is 7. The number of benzene rings is 2. The highest BCUT2D eigenvalue weighted by Gasteiger charge is 2.17. The van der Waals surface area contributed by atoms with Crippen LogP contribution in [0.3, 0.4) is 0 Å². The highest BCUT2D eigenvalue weighted by Crippen LogP contribution is 2.16.